The van der Waals surface area contributed by atoms with Gasteiger partial charge in [-0.15, -0.1) is 0 Å². The van der Waals surface area contributed by atoms with Crippen molar-refractivity contribution in [2.45, 2.75) is 144 Å². The molecule has 0 saturated heterocycles. The Kier molecular flexibility index (Phi) is 23.6. The minimum Gasteiger partial charge on any atom is -0.445 e. The largest absolute Gasteiger partial charge is 0.445 e. The third-order valence-electron chi connectivity index (χ3n) is 13.6. The predicted octanol–water partition coefficient (Wildman–Crippen LogP) is 8.18. The van der Waals surface area contributed by atoms with Gasteiger partial charge in [-0.1, -0.05) is 104 Å². The second kappa shape index (κ2) is 30.0. The fraction of sp³-hybridized carbons (Fsp3) is 0.475. The zero-order valence-electron chi connectivity index (χ0n) is 47.4. The Balaban J connectivity index is 1.21. The molecule has 3 aromatic carbocycles. The average molecular weight is 1130 g/mol. The number of carbonyl (C=O) groups excluding carboxylic acids is 8. The third-order valence-corrected chi connectivity index (χ3v) is 13.6. The Bertz CT molecular complexity index is 2850. The first-order valence-electron chi connectivity index (χ1n) is 27.4. The Labute approximate surface area is 471 Å². The summed E-state index contributed by atoms with van der Waals surface area (Å²) in [4.78, 5) is 111. The van der Waals surface area contributed by atoms with Crippen LogP contribution in [0.2, 0.25) is 0 Å². The lowest BCUT2D eigenvalue weighted by Crippen LogP contribution is -2.54. The lowest BCUT2D eigenvalue weighted by atomic mass is 9.84. The number of nitrogens with one attached hydrogen (secondary N) is 5. The highest BCUT2D eigenvalue weighted by Crippen LogP contribution is 2.40. The minimum absolute atomic E-state index is 0.00842. The molecular formula is C59H77F3N10O9. The van der Waals surface area contributed by atoms with Crippen LogP contribution in [-0.2, 0) is 46.7 Å². The van der Waals surface area contributed by atoms with Crippen molar-refractivity contribution in [3.8, 4) is 11.3 Å². The Morgan fingerprint density at radius 3 is 2.10 bits per heavy atom. The van der Waals surface area contributed by atoms with Crippen LogP contribution in [0.3, 0.4) is 0 Å². The van der Waals surface area contributed by atoms with E-state index in [0.717, 1.165) is 16.5 Å². The van der Waals surface area contributed by atoms with Crippen molar-refractivity contribution in [2.75, 3.05) is 25.0 Å². The number of anilines is 1. The van der Waals surface area contributed by atoms with Gasteiger partial charge in [-0.2, -0.15) is 0 Å². The Morgan fingerprint density at radius 2 is 1.48 bits per heavy atom. The maximum Gasteiger partial charge on any atom is 0.407 e. The molecular weight excluding hydrogens is 1050 g/mol. The average Bonchev–Trinajstić information content (AvgIpc) is 4.22. The standard InChI is InChI=1S/C59H77F3N10O9/c1-9-41(27-30-72(56(78)37(4)5)52(59(6,7)8)53-67-46(43-31-40(60)32-44(61)50(43)62)34-70(53)33-38-17-12-10-13-18-38)66-58(80)81-35-39-21-23-42(24-22-39)65-54(76)45(19-16-28-64-57(63)79)68-55(77)51(36(2)3)69-47(73)20-14-11-15-29-71-48(74)25-26-49(71)75/h10,12-13,17-18,21-26,31-32,34,36-37,41,45,51-52H,9,11,14-16,19-20,27-30,33,35H2,1-8H3,(H,65,76)(H,66,80)(H,68,77)(H,69,73)(H3,63,64,79)/t41-,45+,51+,52+/m1/s1. The van der Waals surface area contributed by atoms with Crippen molar-refractivity contribution in [1.29, 1.82) is 0 Å². The number of amides is 9. The van der Waals surface area contributed by atoms with Gasteiger partial charge in [0.1, 0.15) is 30.3 Å². The van der Waals surface area contributed by atoms with Crippen LogP contribution < -0.4 is 32.3 Å². The molecule has 7 N–H and O–H groups in total. The molecule has 1 aromatic heterocycles. The maximum absolute atomic E-state index is 15.3. The molecule has 4 atom stereocenters. The normalized spacial score (nSPS) is 13.9. The number of hydrogen-bond acceptors (Lipinski definition) is 10. The summed E-state index contributed by atoms with van der Waals surface area (Å²) in [6.07, 6.45) is 6.00. The van der Waals surface area contributed by atoms with Gasteiger partial charge in [-0.3, -0.25) is 33.7 Å². The Hall–Kier alpha value is -8.04. The number of ether oxygens (including phenoxy) is 1. The summed E-state index contributed by atoms with van der Waals surface area (Å²) in [7, 11) is 0. The monoisotopic (exact) mass is 1130 g/mol. The first-order chi connectivity index (χ1) is 38.4. The molecule has 1 aliphatic heterocycles. The molecule has 0 spiro atoms. The lowest BCUT2D eigenvalue weighted by molar-refractivity contribution is -0.140. The molecule has 0 fully saturated rings. The number of rotatable bonds is 29. The van der Waals surface area contributed by atoms with Gasteiger partial charge >= 0.3 is 12.1 Å². The number of hydrogen-bond donors (Lipinski definition) is 6. The predicted molar refractivity (Wildman–Crippen MR) is 299 cm³/mol. The van der Waals surface area contributed by atoms with Gasteiger partial charge in [0.05, 0.1) is 11.7 Å². The van der Waals surface area contributed by atoms with Gasteiger partial charge in [0.25, 0.3) is 11.8 Å². The van der Waals surface area contributed by atoms with Gasteiger partial charge in [-0.25, -0.2) is 27.7 Å². The highest BCUT2D eigenvalue weighted by molar-refractivity contribution is 6.12. The van der Waals surface area contributed by atoms with Gasteiger partial charge in [-0.05, 0) is 79.2 Å². The molecule has 22 heteroatoms. The Morgan fingerprint density at radius 1 is 0.802 bits per heavy atom. The van der Waals surface area contributed by atoms with E-state index in [0.29, 0.717) is 55.2 Å². The van der Waals surface area contributed by atoms with Gasteiger partial charge < -0.3 is 46.5 Å². The third kappa shape index (κ3) is 19.1. The van der Waals surface area contributed by atoms with Crippen molar-refractivity contribution in [3.63, 3.8) is 0 Å². The van der Waals surface area contributed by atoms with Crippen LogP contribution in [0, 0.1) is 34.7 Å². The molecule has 5 rings (SSSR count). The van der Waals surface area contributed by atoms with Crippen molar-refractivity contribution in [3.05, 3.63) is 119 Å². The number of carbonyl (C=O) groups is 8. The number of imide groups is 1. The fourth-order valence-corrected chi connectivity index (χ4v) is 9.28. The summed E-state index contributed by atoms with van der Waals surface area (Å²) in [5.41, 5.74) is 5.97. The van der Waals surface area contributed by atoms with Crippen molar-refractivity contribution >= 4 is 53.3 Å². The zero-order chi connectivity index (χ0) is 59.6. The topological polar surface area (TPSA) is 256 Å². The number of unbranched alkanes of at least 4 members (excludes halogenated alkanes) is 2. The zero-order valence-corrected chi connectivity index (χ0v) is 47.4. The van der Waals surface area contributed by atoms with E-state index >= 15 is 4.39 Å². The summed E-state index contributed by atoms with van der Waals surface area (Å²) in [6, 6.07) is 13.2. The molecule has 4 aromatic rings. The van der Waals surface area contributed by atoms with E-state index < -0.39 is 76.9 Å². The first kappa shape index (κ1) is 63.8. The molecule has 0 bridgehead atoms. The van der Waals surface area contributed by atoms with E-state index in [-0.39, 0.29) is 92.9 Å². The molecule has 0 unspecified atom stereocenters. The quantitative estimate of drug-likeness (QED) is 0.0173. The van der Waals surface area contributed by atoms with Crippen LogP contribution >= 0.6 is 0 Å². The number of benzene rings is 3. The van der Waals surface area contributed by atoms with Crippen molar-refractivity contribution < 1.29 is 56.3 Å². The fourth-order valence-electron chi connectivity index (χ4n) is 9.28. The molecule has 81 heavy (non-hydrogen) atoms. The van der Waals surface area contributed by atoms with E-state index in [1.54, 1.807) is 61.4 Å². The number of halogens is 3. The van der Waals surface area contributed by atoms with Crippen LogP contribution in [0.4, 0.5) is 28.4 Å². The molecule has 2 heterocycles. The van der Waals surface area contributed by atoms with Crippen molar-refractivity contribution in [1.82, 2.24) is 40.6 Å². The van der Waals surface area contributed by atoms with E-state index in [1.165, 1.54) is 18.3 Å². The number of nitrogens with two attached hydrogens (primary N) is 1. The van der Waals surface area contributed by atoms with Crippen LogP contribution in [0.15, 0.2) is 85.1 Å². The van der Waals surface area contributed by atoms with Crippen molar-refractivity contribution in [2.24, 2.45) is 23.0 Å². The summed E-state index contributed by atoms with van der Waals surface area (Å²) >= 11 is 0. The number of nitrogens with zero attached hydrogens (tertiary/aromatic N) is 4. The molecule has 1 aliphatic rings. The van der Waals surface area contributed by atoms with Crippen LogP contribution in [0.1, 0.15) is 130 Å². The highest BCUT2D eigenvalue weighted by atomic mass is 19.2. The second-order valence-corrected chi connectivity index (χ2v) is 21.9. The number of imidazole rings is 1. The molecule has 0 radical (unpaired) electrons. The van der Waals surface area contributed by atoms with E-state index in [1.807, 2.05) is 58.0 Å². The first-order valence-corrected chi connectivity index (χ1v) is 27.4. The van der Waals surface area contributed by atoms with Crippen LogP contribution in [0.5, 0.6) is 0 Å². The summed E-state index contributed by atoms with van der Waals surface area (Å²) in [6.45, 7) is 15.4. The SMILES string of the molecule is CC[C@H](CCN(C(=O)C(C)C)[C@@H](c1nc(-c2cc(F)cc(F)c2F)cn1Cc1ccccc1)C(C)(C)C)NC(=O)OCc1ccc(NC(=O)[C@H](CCCNC(N)=O)NC(=O)[C@@H](NC(=O)CCCCCN2C(=O)C=CC2=O)C(C)C)cc1. The van der Waals surface area contributed by atoms with Gasteiger partial charge in [0.2, 0.25) is 23.6 Å². The number of aromatic nitrogens is 2. The summed E-state index contributed by atoms with van der Waals surface area (Å²) in [5.74, 6) is -6.54. The van der Waals surface area contributed by atoms with E-state index in [2.05, 4.69) is 26.6 Å². The van der Waals surface area contributed by atoms with Gasteiger partial charge in [0.15, 0.2) is 11.6 Å². The minimum atomic E-state index is -1.36. The van der Waals surface area contributed by atoms with E-state index in [9.17, 15) is 47.1 Å². The highest BCUT2D eigenvalue weighted by Gasteiger charge is 2.40. The molecule has 0 saturated carbocycles. The number of urea groups is 1. The van der Waals surface area contributed by atoms with Crippen LogP contribution in [-0.4, -0.2) is 105 Å². The maximum atomic E-state index is 15.3. The second-order valence-electron chi connectivity index (χ2n) is 21.9. The molecule has 19 nitrogen and oxygen atoms in total. The van der Waals surface area contributed by atoms with Gasteiger partial charge in [0, 0.05) is 80.2 Å². The smallest absolute Gasteiger partial charge is 0.407 e. The summed E-state index contributed by atoms with van der Waals surface area (Å²) < 4.78 is 51.8. The molecule has 438 valence electrons. The lowest BCUT2D eigenvalue weighted by Gasteiger charge is -2.41. The van der Waals surface area contributed by atoms with Crippen LogP contribution in [0.25, 0.3) is 11.3 Å². The number of alkyl carbamates (subject to hydrolysis) is 1. The molecule has 0 aliphatic carbocycles. The van der Waals surface area contributed by atoms with E-state index in [4.69, 9.17) is 15.5 Å². The summed E-state index contributed by atoms with van der Waals surface area (Å²) in [5, 5.41) is 13.7. The number of primary amides is 1. The molecule has 9 amide bonds.